The number of rotatable bonds is 3. The predicted molar refractivity (Wildman–Crippen MR) is 84.6 cm³/mol. The van der Waals surface area contributed by atoms with E-state index in [0.29, 0.717) is 30.1 Å². The molecule has 1 atom stereocenters. The van der Waals surface area contributed by atoms with Gasteiger partial charge in [0, 0.05) is 24.6 Å². The molecule has 0 unspecified atom stereocenters. The van der Waals surface area contributed by atoms with Crippen molar-refractivity contribution in [3.63, 3.8) is 0 Å². The van der Waals surface area contributed by atoms with Gasteiger partial charge in [0.25, 0.3) is 0 Å². The largest absolute Gasteiger partial charge is 0.361 e. The highest BCUT2D eigenvalue weighted by atomic mass is 19.1. The molecule has 2 aromatic rings. The van der Waals surface area contributed by atoms with Crippen LogP contribution >= 0.6 is 0 Å². The molecule has 0 spiro atoms. The lowest BCUT2D eigenvalue weighted by Crippen LogP contribution is -2.40. The van der Waals surface area contributed by atoms with Gasteiger partial charge in [-0.1, -0.05) is 5.16 Å². The lowest BCUT2D eigenvalue weighted by Gasteiger charge is -2.33. The molecular weight excluding hydrogens is 314 g/mol. The number of nitrogens with zero attached hydrogens (tertiary/aromatic N) is 2. The molecule has 128 valence electrons. The molecule has 1 aromatic carbocycles. The van der Waals surface area contributed by atoms with E-state index in [4.69, 9.17) is 4.52 Å². The third kappa shape index (κ3) is 3.32. The average molecular weight is 334 g/mol. The van der Waals surface area contributed by atoms with Gasteiger partial charge in [-0.3, -0.25) is 4.79 Å². The van der Waals surface area contributed by atoms with E-state index in [9.17, 15) is 13.6 Å². The molecule has 0 N–H and O–H groups in total. The first kappa shape index (κ1) is 16.6. The fourth-order valence-electron chi connectivity index (χ4n) is 3.30. The van der Waals surface area contributed by atoms with Crippen LogP contribution in [0, 0.1) is 25.5 Å². The number of aromatic nitrogens is 1. The van der Waals surface area contributed by atoms with Crippen LogP contribution in [0.1, 0.15) is 41.3 Å². The Hall–Kier alpha value is -2.24. The molecule has 0 aliphatic carbocycles. The Bertz CT molecular complexity index is 738. The van der Waals surface area contributed by atoms with E-state index in [1.807, 2.05) is 0 Å². The summed E-state index contributed by atoms with van der Waals surface area (Å²) in [5, 5.41) is 3.86. The first-order valence-electron chi connectivity index (χ1n) is 8.10. The molecule has 1 fully saturated rings. The molecule has 1 saturated heterocycles. The number of hydrogen-bond acceptors (Lipinski definition) is 3. The first-order valence-corrected chi connectivity index (χ1v) is 8.10. The normalized spacial score (nSPS) is 18.0. The van der Waals surface area contributed by atoms with Crippen molar-refractivity contribution in [1.29, 1.82) is 0 Å². The number of carbonyl (C=O) groups is 1. The van der Waals surface area contributed by atoms with Crippen LogP contribution in [0.3, 0.4) is 0 Å². The van der Waals surface area contributed by atoms with Crippen molar-refractivity contribution in [2.24, 2.45) is 0 Å². The van der Waals surface area contributed by atoms with Gasteiger partial charge in [0.05, 0.1) is 12.1 Å². The van der Waals surface area contributed by atoms with Gasteiger partial charge in [-0.05, 0) is 50.5 Å². The van der Waals surface area contributed by atoms with E-state index in [-0.39, 0.29) is 18.2 Å². The van der Waals surface area contributed by atoms with Gasteiger partial charge < -0.3 is 9.42 Å². The predicted octanol–water partition coefficient (Wildman–Crippen LogP) is 3.52. The topological polar surface area (TPSA) is 46.3 Å². The van der Waals surface area contributed by atoms with Crippen molar-refractivity contribution in [2.75, 3.05) is 13.1 Å². The summed E-state index contributed by atoms with van der Waals surface area (Å²) < 4.78 is 32.5. The number of hydrogen-bond donors (Lipinski definition) is 0. The third-order valence-corrected chi connectivity index (χ3v) is 4.68. The van der Waals surface area contributed by atoms with Crippen LogP contribution in [0.4, 0.5) is 8.78 Å². The van der Waals surface area contributed by atoms with Crippen molar-refractivity contribution in [3.8, 4) is 0 Å². The second-order valence-corrected chi connectivity index (χ2v) is 6.32. The Morgan fingerprint density at radius 2 is 2.17 bits per heavy atom. The molecule has 1 amide bonds. The highest BCUT2D eigenvalue weighted by Crippen LogP contribution is 2.29. The van der Waals surface area contributed by atoms with E-state index in [0.717, 1.165) is 30.5 Å². The van der Waals surface area contributed by atoms with Gasteiger partial charge in [-0.15, -0.1) is 0 Å². The molecule has 1 aliphatic rings. The van der Waals surface area contributed by atoms with Crippen molar-refractivity contribution < 1.29 is 18.1 Å². The number of likely N-dealkylation sites (tertiary alicyclic amines) is 1. The Kier molecular flexibility index (Phi) is 4.64. The molecule has 0 bridgehead atoms. The molecule has 6 heteroatoms. The van der Waals surface area contributed by atoms with Gasteiger partial charge in [-0.2, -0.15) is 0 Å². The van der Waals surface area contributed by atoms with Crippen molar-refractivity contribution in [1.82, 2.24) is 10.1 Å². The highest BCUT2D eigenvalue weighted by molar-refractivity contribution is 5.79. The summed E-state index contributed by atoms with van der Waals surface area (Å²) >= 11 is 0. The summed E-state index contributed by atoms with van der Waals surface area (Å²) in [6, 6.07) is 3.50. The maximum Gasteiger partial charge on any atom is 0.227 e. The van der Waals surface area contributed by atoms with E-state index in [1.165, 1.54) is 6.07 Å². The standard InChI is InChI=1S/C18H20F2N2O2/c1-11-15(12(2)24-21-11)9-18(23)22-7-3-4-13(10-22)16-8-14(19)5-6-17(16)20/h5-6,8,13H,3-4,7,9-10H2,1-2H3/t13-/m0/s1. The van der Waals surface area contributed by atoms with Crippen LogP contribution in [0.2, 0.25) is 0 Å². The van der Waals surface area contributed by atoms with Gasteiger partial charge >= 0.3 is 0 Å². The van der Waals surface area contributed by atoms with Crippen LogP contribution in [0.15, 0.2) is 22.7 Å². The van der Waals surface area contributed by atoms with E-state index < -0.39 is 11.6 Å². The molecule has 3 rings (SSSR count). The summed E-state index contributed by atoms with van der Waals surface area (Å²) in [5.74, 6) is -0.438. The number of amides is 1. The number of piperidine rings is 1. The molecule has 1 aliphatic heterocycles. The zero-order chi connectivity index (χ0) is 17.3. The van der Waals surface area contributed by atoms with Crippen LogP contribution in [-0.2, 0) is 11.2 Å². The number of aryl methyl sites for hydroxylation is 2. The second-order valence-electron chi connectivity index (χ2n) is 6.32. The Labute approximate surface area is 139 Å². The first-order chi connectivity index (χ1) is 11.5. The zero-order valence-corrected chi connectivity index (χ0v) is 13.8. The minimum atomic E-state index is -0.453. The summed E-state index contributed by atoms with van der Waals surface area (Å²) in [5.41, 5.74) is 1.87. The SMILES string of the molecule is Cc1noc(C)c1CC(=O)N1CCC[C@H](c2cc(F)ccc2F)C1. The quantitative estimate of drug-likeness (QED) is 0.863. The summed E-state index contributed by atoms with van der Waals surface area (Å²) in [7, 11) is 0. The van der Waals surface area contributed by atoms with Gasteiger partial charge in [0.15, 0.2) is 0 Å². The highest BCUT2D eigenvalue weighted by Gasteiger charge is 2.27. The fraction of sp³-hybridized carbons (Fsp3) is 0.444. The smallest absolute Gasteiger partial charge is 0.227 e. The van der Waals surface area contributed by atoms with Crippen LogP contribution in [0.5, 0.6) is 0 Å². The molecule has 0 saturated carbocycles. The molecule has 2 heterocycles. The fourth-order valence-corrected chi connectivity index (χ4v) is 3.30. The van der Waals surface area contributed by atoms with E-state index in [2.05, 4.69) is 5.16 Å². The van der Waals surface area contributed by atoms with Crippen LogP contribution in [0.25, 0.3) is 0 Å². The Morgan fingerprint density at radius 3 is 2.88 bits per heavy atom. The summed E-state index contributed by atoms with van der Waals surface area (Å²) in [6.07, 6.45) is 1.74. The lowest BCUT2D eigenvalue weighted by molar-refractivity contribution is -0.131. The molecule has 24 heavy (non-hydrogen) atoms. The molecule has 4 nitrogen and oxygen atoms in total. The van der Waals surface area contributed by atoms with Gasteiger partial charge in [0.2, 0.25) is 5.91 Å². The van der Waals surface area contributed by atoms with Crippen molar-refractivity contribution >= 4 is 5.91 Å². The third-order valence-electron chi connectivity index (χ3n) is 4.68. The maximum absolute atomic E-state index is 14.0. The van der Waals surface area contributed by atoms with Gasteiger partial charge in [-0.25, -0.2) is 8.78 Å². The number of halogens is 2. The van der Waals surface area contributed by atoms with Crippen LogP contribution < -0.4 is 0 Å². The van der Waals surface area contributed by atoms with Gasteiger partial charge in [0.1, 0.15) is 17.4 Å². The molecule has 1 aromatic heterocycles. The average Bonchev–Trinajstić information content (AvgIpc) is 2.89. The van der Waals surface area contributed by atoms with Crippen molar-refractivity contribution in [2.45, 2.75) is 39.0 Å². The minimum Gasteiger partial charge on any atom is -0.361 e. The maximum atomic E-state index is 14.0. The van der Waals surface area contributed by atoms with E-state index >= 15 is 0 Å². The molecular formula is C18H20F2N2O2. The van der Waals surface area contributed by atoms with E-state index in [1.54, 1.807) is 18.7 Å². The van der Waals surface area contributed by atoms with Crippen LogP contribution in [-0.4, -0.2) is 29.1 Å². The summed E-state index contributed by atoms with van der Waals surface area (Å²) in [4.78, 5) is 14.3. The Balaban J connectivity index is 1.73. The Morgan fingerprint density at radius 1 is 1.38 bits per heavy atom. The summed E-state index contributed by atoms with van der Waals surface area (Å²) in [6.45, 7) is 4.63. The number of benzene rings is 1. The second kappa shape index (κ2) is 6.71. The monoisotopic (exact) mass is 334 g/mol. The number of carbonyl (C=O) groups excluding carboxylic acids is 1. The lowest BCUT2D eigenvalue weighted by atomic mass is 9.90. The molecule has 0 radical (unpaired) electrons. The van der Waals surface area contributed by atoms with Crippen molar-refractivity contribution in [3.05, 3.63) is 52.4 Å². The minimum absolute atomic E-state index is 0.0362. The zero-order valence-electron chi connectivity index (χ0n) is 13.8.